The van der Waals surface area contributed by atoms with Crippen molar-refractivity contribution < 1.29 is 17.9 Å². The third-order valence-electron chi connectivity index (χ3n) is 5.96. The molecule has 12 heteroatoms. The van der Waals surface area contributed by atoms with E-state index in [1.165, 1.54) is 14.8 Å². The first-order valence-electron chi connectivity index (χ1n) is 10.6. The lowest BCUT2D eigenvalue weighted by Crippen LogP contribution is -2.62. The Hall–Kier alpha value is -2.28. The second kappa shape index (κ2) is 9.92. The molecule has 0 radical (unpaired) electrons. The Morgan fingerprint density at radius 3 is 2.67 bits per heavy atom. The Balaban J connectivity index is 1.59. The number of nitrogens with zero attached hydrogens (tertiary/aromatic N) is 4. The van der Waals surface area contributed by atoms with Gasteiger partial charge in [0.1, 0.15) is 0 Å². The zero-order valence-corrected chi connectivity index (χ0v) is 19.8. The molecule has 10 nitrogen and oxygen atoms in total. The molecule has 0 aliphatic carbocycles. The van der Waals surface area contributed by atoms with Crippen LogP contribution in [0.2, 0.25) is 5.02 Å². The largest absolute Gasteiger partial charge is 0.378 e. The fourth-order valence-electron chi connectivity index (χ4n) is 4.06. The summed E-state index contributed by atoms with van der Waals surface area (Å²) in [5, 5.41) is 0.429. The van der Waals surface area contributed by atoms with E-state index in [2.05, 4.69) is 9.88 Å². The predicted molar refractivity (Wildman–Crippen MR) is 125 cm³/mol. The summed E-state index contributed by atoms with van der Waals surface area (Å²) < 4.78 is 35.7. The number of carbonyl (C=O) groups is 1. The molecule has 1 aromatic carbocycles. The van der Waals surface area contributed by atoms with Crippen molar-refractivity contribution in [3.8, 4) is 0 Å². The third-order valence-corrected chi connectivity index (χ3v) is 8.07. The number of aromatic nitrogens is 1. The van der Waals surface area contributed by atoms with Gasteiger partial charge in [-0.25, -0.2) is 5.84 Å². The smallest absolute Gasteiger partial charge is 0.304 e. The monoisotopic (exact) mass is 494 g/mol. The van der Waals surface area contributed by atoms with Crippen LogP contribution >= 0.6 is 11.6 Å². The van der Waals surface area contributed by atoms with Gasteiger partial charge in [0.25, 0.3) is 5.91 Å². The maximum Gasteiger partial charge on any atom is 0.304 e. The summed E-state index contributed by atoms with van der Waals surface area (Å²) in [5.41, 5.74) is 3.24. The normalized spacial score (nSPS) is 20.3. The number of hydrogen-bond acceptors (Lipinski definition) is 7. The lowest BCUT2D eigenvalue weighted by Gasteiger charge is -2.46. The van der Waals surface area contributed by atoms with Crippen molar-refractivity contribution in [2.45, 2.75) is 25.6 Å². The molecule has 1 amide bonds. The van der Waals surface area contributed by atoms with Crippen LogP contribution in [0.5, 0.6) is 0 Å². The van der Waals surface area contributed by atoms with E-state index >= 15 is 0 Å². The number of hydrogen-bond donors (Lipinski definition) is 2. The van der Waals surface area contributed by atoms with Gasteiger partial charge < -0.3 is 4.74 Å². The molecule has 2 saturated heterocycles. The van der Waals surface area contributed by atoms with Crippen molar-refractivity contribution in [2.24, 2.45) is 5.84 Å². The molecule has 1 aromatic heterocycles. The molecule has 0 spiro atoms. The average Bonchev–Trinajstić information content (AvgIpc) is 2.77. The number of ether oxygens (including phenoxy) is 1. The molecule has 3 heterocycles. The standard InChI is InChI=1S/C21H27ClN6O4S/c1-15-11-26(7-8-27(15)20-13-32-14-20)33(30,31)28(19-4-2-3-17(22)9-19)12-18-6-5-16(10-24-18)21(29)25-23/h2-6,9-10,15,20H,7-8,11-14,23H2,1H3,(H,25,29). The first-order valence-corrected chi connectivity index (χ1v) is 12.4. The molecule has 3 N–H and O–H groups in total. The summed E-state index contributed by atoms with van der Waals surface area (Å²) in [7, 11) is -3.88. The van der Waals surface area contributed by atoms with Gasteiger partial charge in [-0.1, -0.05) is 17.7 Å². The lowest BCUT2D eigenvalue weighted by molar-refractivity contribution is -0.0873. The van der Waals surface area contributed by atoms with Crippen LogP contribution in [0.25, 0.3) is 0 Å². The van der Waals surface area contributed by atoms with Crippen LogP contribution < -0.4 is 15.6 Å². The molecular formula is C21H27ClN6O4S. The number of pyridine rings is 1. The van der Waals surface area contributed by atoms with Crippen molar-refractivity contribution >= 4 is 33.4 Å². The fraction of sp³-hybridized carbons (Fsp3) is 0.429. The SMILES string of the molecule is CC1CN(S(=O)(=O)N(Cc2ccc(C(=O)NN)cn2)c2cccc(Cl)c2)CCN1C1COC1. The molecule has 2 aromatic rings. The summed E-state index contributed by atoms with van der Waals surface area (Å²) >= 11 is 6.17. The molecule has 33 heavy (non-hydrogen) atoms. The fourth-order valence-corrected chi connectivity index (χ4v) is 5.92. The number of carbonyl (C=O) groups excluding carboxylic acids is 1. The number of amides is 1. The number of piperazine rings is 1. The van der Waals surface area contributed by atoms with Gasteiger partial charge in [-0.15, -0.1) is 0 Å². The Bertz CT molecular complexity index is 1100. The molecule has 1 atom stereocenters. The molecule has 2 aliphatic heterocycles. The first kappa shape index (κ1) is 23.9. The zero-order valence-electron chi connectivity index (χ0n) is 18.2. The van der Waals surface area contributed by atoms with Crippen molar-refractivity contribution in [1.29, 1.82) is 0 Å². The molecule has 1 unspecified atom stereocenters. The van der Waals surface area contributed by atoms with Crippen LogP contribution in [0.1, 0.15) is 23.0 Å². The Labute approximate surface area is 198 Å². The molecule has 0 saturated carbocycles. The number of nitrogens with one attached hydrogen (secondary N) is 1. The van der Waals surface area contributed by atoms with E-state index in [0.29, 0.717) is 55.3 Å². The van der Waals surface area contributed by atoms with Crippen LogP contribution in [-0.2, 0) is 21.5 Å². The zero-order chi connectivity index (χ0) is 23.6. The Kier molecular flexibility index (Phi) is 7.17. The third kappa shape index (κ3) is 5.13. The lowest BCUT2D eigenvalue weighted by atomic mass is 10.1. The second-order valence-corrected chi connectivity index (χ2v) is 10.4. The highest BCUT2D eigenvalue weighted by Crippen LogP contribution is 2.28. The number of rotatable bonds is 7. The number of anilines is 1. The van der Waals surface area contributed by atoms with Crippen LogP contribution in [-0.4, -0.2) is 73.4 Å². The maximum absolute atomic E-state index is 13.8. The number of nitrogens with two attached hydrogens (primary N) is 1. The van der Waals surface area contributed by atoms with Crippen LogP contribution in [0, 0.1) is 0 Å². The van der Waals surface area contributed by atoms with Gasteiger partial charge in [0.2, 0.25) is 0 Å². The second-order valence-electron chi connectivity index (χ2n) is 8.14. The van der Waals surface area contributed by atoms with E-state index in [9.17, 15) is 13.2 Å². The van der Waals surface area contributed by atoms with E-state index in [1.54, 1.807) is 36.4 Å². The number of nitrogen functional groups attached to an aromatic ring is 1. The first-order chi connectivity index (χ1) is 15.8. The van der Waals surface area contributed by atoms with Crippen molar-refractivity contribution in [3.63, 3.8) is 0 Å². The van der Waals surface area contributed by atoms with Gasteiger partial charge in [-0.3, -0.25) is 24.4 Å². The van der Waals surface area contributed by atoms with E-state index in [1.807, 2.05) is 12.3 Å². The number of halogens is 1. The summed E-state index contributed by atoms with van der Waals surface area (Å²) in [5.74, 6) is 4.69. The molecule has 4 rings (SSSR count). The van der Waals surface area contributed by atoms with Gasteiger partial charge in [0.05, 0.1) is 42.7 Å². The minimum absolute atomic E-state index is 0.0156. The summed E-state index contributed by atoms with van der Waals surface area (Å²) in [4.78, 5) is 18.3. The summed E-state index contributed by atoms with van der Waals surface area (Å²) in [6.07, 6.45) is 1.36. The van der Waals surface area contributed by atoms with E-state index in [-0.39, 0.29) is 18.2 Å². The van der Waals surface area contributed by atoms with Gasteiger partial charge in [0.15, 0.2) is 0 Å². The number of benzene rings is 1. The minimum atomic E-state index is -3.88. The molecule has 0 bridgehead atoms. The Morgan fingerprint density at radius 1 is 1.30 bits per heavy atom. The van der Waals surface area contributed by atoms with Crippen molar-refractivity contribution in [2.75, 3.05) is 37.2 Å². The van der Waals surface area contributed by atoms with Gasteiger partial charge in [-0.05, 0) is 37.3 Å². The van der Waals surface area contributed by atoms with Crippen LogP contribution in [0.4, 0.5) is 5.69 Å². The Morgan fingerprint density at radius 2 is 2.09 bits per heavy atom. The number of hydrazine groups is 1. The summed E-state index contributed by atoms with van der Waals surface area (Å²) in [6.45, 7) is 4.79. The van der Waals surface area contributed by atoms with E-state index in [0.717, 1.165) is 0 Å². The highest BCUT2D eigenvalue weighted by molar-refractivity contribution is 7.90. The van der Waals surface area contributed by atoms with Crippen LogP contribution in [0.3, 0.4) is 0 Å². The van der Waals surface area contributed by atoms with E-state index < -0.39 is 16.1 Å². The van der Waals surface area contributed by atoms with Crippen LogP contribution in [0.15, 0.2) is 42.6 Å². The van der Waals surface area contributed by atoms with Crippen molar-refractivity contribution in [3.05, 3.63) is 58.9 Å². The highest BCUT2D eigenvalue weighted by Gasteiger charge is 2.39. The topological polar surface area (TPSA) is 121 Å². The maximum atomic E-state index is 13.8. The van der Waals surface area contributed by atoms with Gasteiger partial charge in [0, 0.05) is 36.9 Å². The summed E-state index contributed by atoms with van der Waals surface area (Å²) in [6, 6.07) is 10.3. The van der Waals surface area contributed by atoms with Gasteiger partial charge >= 0.3 is 10.2 Å². The predicted octanol–water partition coefficient (Wildman–Crippen LogP) is 0.995. The molecular weight excluding hydrogens is 468 g/mol. The van der Waals surface area contributed by atoms with Gasteiger partial charge in [-0.2, -0.15) is 12.7 Å². The minimum Gasteiger partial charge on any atom is -0.378 e. The molecule has 178 valence electrons. The van der Waals surface area contributed by atoms with Crippen molar-refractivity contribution in [1.82, 2.24) is 19.6 Å². The quantitative estimate of drug-likeness (QED) is 0.334. The van der Waals surface area contributed by atoms with E-state index in [4.69, 9.17) is 22.2 Å². The highest BCUT2D eigenvalue weighted by atomic mass is 35.5. The molecule has 2 fully saturated rings. The average molecular weight is 495 g/mol. The molecule has 2 aliphatic rings.